The van der Waals surface area contributed by atoms with E-state index in [0.717, 1.165) is 11.3 Å². The Hall–Kier alpha value is -1.80. The molecule has 0 aliphatic carbocycles. The Bertz CT molecular complexity index is 489. The molecule has 0 radical (unpaired) electrons. The first-order valence-corrected chi connectivity index (χ1v) is 5.70. The third kappa shape index (κ3) is 2.66. The topological polar surface area (TPSA) is 35.2 Å². The van der Waals surface area contributed by atoms with Crippen LogP contribution in [-0.4, -0.2) is 7.11 Å². The molecular formula is C15H17NO. The van der Waals surface area contributed by atoms with Gasteiger partial charge in [0.1, 0.15) is 5.75 Å². The molecule has 0 saturated heterocycles. The molecule has 0 fully saturated rings. The highest BCUT2D eigenvalue weighted by molar-refractivity contribution is 5.65. The lowest BCUT2D eigenvalue weighted by Gasteiger charge is -2.09. The molecule has 0 aromatic heterocycles. The minimum atomic E-state index is 0.0631. The predicted molar refractivity (Wildman–Crippen MR) is 71.0 cm³/mol. The second-order valence-electron chi connectivity index (χ2n) is 4.14. The van der Waals surface area contributed by atoms with E-state index in [2.05, 4.69) is 30.3 Å². The summed E-state index contributed by atoms with van der Waals surface area (Å²) >= 11 is 0. The number of benzene rings is 2. The normalized spacial score (nSPS) is 12.2. The summed E-state index contributed by atoms with van der Waals surface area (Å²) in [5, 5.41) is 0. The highest BCUT2D eigenvalue weighted by atomic mass is 16.5. The number of rotatable bonds is 3. The molecule has 2 N–H and O–H groups in total. The molecule has 88 valence electrons. The largest absolute Gasteiger partial charge is 0.497 e. The van der Waals surface area contributed by atoms with Gasteiger partial charge in [-0.05, 0) is 41.8 Å². The number of hydrogen-bond acceptors (Lipinski definition) is 2. The zero-order chi connectivity index (χ0) is 12.3. The summed E-state index contributed by atoms with van der Waals surface area (Å²) in [7, 11) is 1.67. The van der Waals surface area contributed by atoms with Crippen LogP contribution < -0.4 is 10.5 Å². The summed E-state index contributed by atoms with van der Waals surface area (Å²) in [6.45, 7) is 1.99. The predicted octanol–water partition coefficient (Wildman–Crippen LogP) is 3.38. The molecule has 2 nitrogen and oxygen atoms in total. The van der Waals surface area contributed by atoms with E-state index < -0.39 is 0 Å². The molecule has 2 rings (SSSR count). The fourth-order valence-corrected chi connectivity index (χ4v) is 1.78. The monoisotopic (exact) mass is 227 g/mol. The summed E-state index contributed by atoms with van der Waals surface area (Å²) < 4.78 is 5.15. The number of nitrogens with two attached hydrogens (primary N) is 1. The first kappa shape index (κ1) is 11.7. The molecule has 0 aliphatic rings. The van der Waals surface area contributed by atoms with Crippen LogP contribution in [0.1, 0.15) is 18.5 Å². The fraction of sp³-hybridized carbons (Fsp3) is 0.200. The Balaban J connectivity index is 2.35. The lowest BCUT2D eigenvalue weighted by atomic mass is 10.0. The van der Waals surface area contributed by atoms with Gasteiger partial charge in [-0.1, -0.05) is 30.3 Å². The van der Waals surface area contributed by atoms with Crippen molar-refractivity contribution in [1.29, 1.82) is 0 Å². The first-order valence-electron chi connectivity index (χ1n) is 5.70. The van der Waals surface area contributed by atoms with Gasteiger partial charge in [0.2, 0.25) is 0 Å². The minimum absolute atomic E-state index is 0.0631. The Morgan fingerprint density at radius 2 is 1.71 bits per heavy atom. The van der Waals surface area contributed by atoms with Crippen LogP contribution in [0.3, 0.4) is 0 Å². The van der Waals surface area contributed by atoms with Crippen molar-refractivity contribution in [3.05, 3.63) is 54.1 Å². The highest BCUT2D eigenvalue weighted by Gasteiger charge is 2.02. The van der Waals surface area contributed by atoms with Crippen molar-refractivity contribution in [2.24, 2.45) is 5.73 Å². The summed E-state index contributed by atoms with van der Waals surface area (Å²) in [5.41, 5.74) is 9.39. The molecule has 2 heteroatoms. The van der Waals surface area contributed by atoms with Gasteiger partial charge < -0.3 is 10.5 Å². The number of ether oxygens (including phenoxy) is 1. The highest BCUT2D eigenvalue weighted by Crippen LogP contribution is 2.24. The second-order valence-corrected chi connectivity index (χ2v) is 4.14. The van der Waals surface area contributed by atoms with Crippen molar-refractivity contribution in [3.63, 3.8) is 0 Å². The summed E-state index contributed by atoms with van der Waals surface area (Å²) in [4.78, 5) is 0. The van der Waals surface area contributed by atoms with E-state index in [0.29, 0.717) is 0 Å². The van der Waals surface area contributed by atoms with Gasteiger partial charge in [0.25, 0.3) is 0 Å². The molecule has 2 aromatic rings. The van der Waals surface area contributed by atoms with Gasteiger partial charge in [-0.3, -0.25) is 0 Å². The van der Waals surface area contributed by atoms with Crippen molar-refractivity contribution < 1.29 is 4.74 Å². The van der Waals surface area contributed by atoms with Crippen molar-refractivity contribution in [2.45, 2.75) is 13.0 Å². The number of methoxy groups -OCH3 is 1. The third-order valence-corrected chi connectivity index (χ3v) is 2.84. The van der Waals surface area contributed by atoms with Gasteiger partial charge in [-0.15, -0.1) is 0 Å². The van der Waals surface area contributed by atoms with Crippen LogP contribution in [0.4, 0.5) is 0 Å². The Kier molecular flexibility index (Phi) is 3.45. The van der Waals surface area contributed by atoms with Crippen molar-refractivity contribution in [2.75, 3.05) is 7.11 Å². The van der Waals surface area contributed by atoms with Crippen LogP contribution in [0.25, 0.3) is 11.1 Å². The fourth-order valence-electron chi connectivity index (χ4n) is 1.78. The van der Waals surface area contributed by atoms with Gasteiger partial charge in [0.05, 0.1) is 7.11 Å². The van der Waals surface area contributed by atoms with E-state index in [-0.39, 0.29) is 6.04 Å². The van der Waals surface area contributed by atoms with Gasteiger partial charge in [0.15, 0.2) is 0 Å². The van der Waals surface area contributed by atoms with Crippen molar-refractivity contribution >= 4 is 0 Å². The molecule has 0 bridgehead atoms. The maximum Gasteiger partial charge on any atom is 0.118 e. The van der Waals surface area contributed by atoms with E-state index in [9.17, 15) is 0 Å². The molecule has 0 saturated carbocycles. The molecule has 2 aromatic carbocycles. The Morgan fingerprint density at radius 1 is 1.00 bits per heavy atom. The lowest BCUT2D eigenvalue weighted by molar-refractivity contribution is 0.415. The quantitative estimate of drug-likeness (QED) is 0.872. The average Bonchev–Trinajstić information content (AvgIpc) is 2.39. The summed E-state index contributed by atoms with van der Waals surface area (Å²) in [6.07, 6.45) is 0. The lowest BCUT2D eigenvalue weighted by Crippen LogP contribution is -2.04. The molecule has 0 aliphatic heterocycles. The minimum Gasteiger partial charge on any atom is -0.497 e. The Labute approximate surface area is 102 Å². The van der Waals surface area contributed by atoms with Crippen LogP contribution >= 0.6 is 0 Å². The maximum absolute atomic E-state index is 5.89. The molecule has 0 amide bonds. The molecular weight excluding hydrogens is 210 g/mol. The van der Waals surface area contributed by atoms with E-state index in [1.54, 1.807) is 7.11 Å². The smallest absolute Gasteiger partial charge is 0.118 e. The zero-order valence-electron chi connectivity index (χ0n) is 10.2. The summed E-state index contributed by atoms with van der Waals surface area (Å²) in [5.74, 6) is 0.872. The standard InChI is InChI=1S/C15H17NO/c1-11(16)13-4-3-5-14(10-13)12-6-8-15(17-2)9-7-12/h3-11H,16H2,1-2H3. The van der Waals surface area contributed by atoms with Gasteiger partial charge in [-0.25, -0.2) is 0 Å². The second kappa shape index (κ2) is 5.02. The van der Waals surface area contributed by atoms with Crippen LogP contribution in [0, 0.1) is 0 Å². The molecule has 1 unspecified atom stereocenters. The van der Waals surface area contributed by atoms with E-state index >= 15 is 0 Å². The molecule has 0 heterocycles. The summed E-state index contributed by atoms with van der Waals surface area (Å²) in [6, 6.07) is 16.4. The van der Waals surface area contributed by atoms with Gasteiger partial charge >= 0.3 is 0 Å². The third-order valence-electron chi connectivity index (χ3n) is 2.84. The van der Waals surface area contributed by atoms with Crippen LogP contribution in [0.15, 0.2) is 48.5 Å². The van der Waals surface area contributed by atoms with E-state index in [1.807, 2.05) is 25.1 Å². The van der Waals surface area contributed by atoms with Crippen LogP contribution in [0.2, 0.25) is 0 Å². The average molecular weight is 227 g/mol. The molecule has 0 spiro atoms. The van der Waals surface area contributed by atoms with Gasteiger partial charge in [0, 0.05) is 6.04 Å². The van der Waals surface area contributed by atoms with Gasteiger partial charge in [-0.2, -0.15) is 0 Å². The maximum atomic E-state index is 5.89. The van der Waals surface area contributed by atoms with Crippen LogP contribution in [-0.2, 0) is 0 Å². The Morgan fingerprint density at radius 3 is 2.29 bits per heavy atom. The first-order chi connectivity index (χ1) is 8.20. The van der Waals surface area contributed by atoms with Crippen molar-refractivity contribution in [1.82, 2.24) is 0 Å². The van der Waals surface area contributed by atoms with Crippen LogP contribution in [0.5, 0.6) is 5.75 Å². The molecule has 1 atom stereocenters. The SMILES string of the molecule is COc1ccc(-c2cccc(C(C)N)c2)cc1. The number of hydrogen-bond donors (Lipinski definition) is 1. The van der Waals surface area contributed by atoms with E-state index in [4.69, 9.17) is 10.5 Å². The zero-order valence-corrected chi connectivity index (χ0v) is 10.2. The van der Waals surface area contributed by atoms with Crippen molar-refractivity contribution in [3.8, 4) is 16.9 Å². The molecule has 17 heavy (non-hydrogen) atoms. The van der Waals surface area contributed by atoms with E-state index in [1.165, 1.54) is 11.1 Å².